The van der Waals surface area contributed by atoms with E-state index in [0.29, 0.717) is 30.3 Å². The highest BCUT2D eigenvalue weighted by Crippen LogP contribution is 2.25. The van der Waals surface area contributed by atoms with E-state index >= 15 is 0 Å². The Morgan fingerprint density at radius 2 is 1.86 bits per heavy atom. The van der Waals surface area contributed by atoms with Crippen LogP contribution in [0.15, 0.2) is 52.9 Å². The highest BCUT2D eigenvalue weighted by Gasteiger charge is 2.27. The average molecular weight is 416 g/mol. The Kier molecular flexibility index (Phi) is 5.18. The van der Waals surface area contributed by atoms with Crippen molar-refractivity contribution in [2.24, 2.45) is 5.92 Å². The molecular weight excluding hydrogens is 394 g/mol. The number of aromatic nitrogens is 1. The second-order valence-corrected chi connectivity index (χ2v) is 9.92. The second-order valence-electron chi connectivity index (χ2n) is 7.10. The van der Waals surface area contributed by atoms with Crippen molar-refractivity contribution < 1.29 is 13.2 Å². The summed E-state index contributed by atoms with van der Waals surface area (Å²) in [5, 5.41) is 2.82. The van der Waals surface area contributed by atoms with E-state index in [1.807, 2.05) is 6.07 Å². The topological polar surface area (TPSA) is 79.4 Å². The van der Waals surface area contributed by atoms with Gasteiger partial charge < -0.3 is 5.32 Å². The highest BCUT2D eigenvalue weighted by molar-refractivity contribution is 7.89. The van der Waals surface area contributed by atoms with E-state index in [1.54, 1.807) is 46.2 Å². The summed E-state index contributed by atoms with van der Waals surface area (Å²) in [5.41, 5.74) is 3.70. The Balaban J connectivity index is 1.47. The van der Waals surface area contributed by atoms with Crippen molar-refractivity contribution in [1.29, 1.82) is 0 Å². The molecule has 6 nitrogen and oxygen atoms in total. The number of thiazole rings is 1. The zero-order chi connectivity index (χ0) is 19.7. The molecule has 0 bridgehead atoms. The molecule has 1 amide bonds. The fourth-order valence-electron chi connectivity index (χ4n) is 3.28. The van der Waals surface area contributed by atoms with Crippen molar-refractivity contribution in [3.8, 4) is 0 Å². The molecule has 28 heavy (non-hydrogen) atoms. The Hall–Kier alpha value is -2.29. The number of carbonyl (C=O) groups excluding carboxylic acids is 1. The molecule has 4 rings (SSSR count). The molecule has 0 unspecified atom stereocenters. The molecule has 2 aromatic carbocycles. The summed E-state index contributed by atoms with van der Waals surface area (Å²) in [6, 6.07) is 11.7. The molecule has 0 radical (unpaired) electrons. The highest BCUT2D eigenvalue weighted by atomic mass is 32.2. The first-order valence-corrected chi connectivity index (χ1v) is 11.5. The lowest BCUT2D eigenvalue weighted by atomic mass is 10.0. The molecule has 1 fully saturated rings. The lowest BCUT2D eigenvalue weighted by Crippen LogP contribution is -2.37. The van der Waals surface area contributed by atoms with E-state index < -0.39 is 10.0 Å². The van der Waals surface area contributed by atoms with E-state index in [2.05, 4.69) is 17.2 Å². The normalized spacial score (nSPS) is 16.3. The molecule has 1 aliphatic heterocycles. The predicted octanol–water partition coefficient (Wildman–Crippen LogP) is 3.97. The van der Waals surface area contributed by atoms with E-state index in [9.17, 15) is 13.2 Å². The number of sulfonamides is 1. The maximum absolute atomic E-state index is 12.8. The van der Waals surface area contributed by atoms with Gasteiger partial charge in [-0.25, -0.2) is 13.4 Å². The lowest BCUT2D eigenvalue weighted by molar-refractivity contribution is 0.102. The van der Waals surface area contributed by atoms with E-state index in [-0.39, 0.29) is 10.8 Å². The minimum Gasteiger partial charge on any atom is -0.322 e. The number of benzene rings is 2. The quantitative estimate of drug-likeness (QED) is 0.699. The van der Waals surface area contributed by atoms with E-state index in [1.165, 1.54) is 11.3 Å². The maximum atomic E-state index is 12.8. The van der Waals surface area contributed by atoms with Crippen molar-refractivity contribution in [2.75, 3.05) is 18.4 Å². The van der Waals surface area contributed by atoms with Crippen molar-refractivity contribution >= 4 is 43.2 Å². The van der Waals surface area contributed by atoms with Crippen LogP contribution in [0.5, 0.6) is 0 Å². The monoisotopic (exact) mass is 415 g/mol. The van der Waals surface area contributed by atoms with Gasteiger partial charge in [-0.15, -0.1) is 11.3 Å². The molecule has 0 saturated carbocycles. The number of hydrogen-bond acceptors (Lipinski definition) is 5. The third-order valence-corrected chi connectivity index (χ3v) is 7.79. The number of anilines is 1. The molecule has 2 heterocycles. The molecule has 0 spiro atoms. The standard InChI is InChI=1S/C20H21N3O3S2/c1-14-8-10-23(11-9-14)28(25,26)17-5-3-16(4-6-17)22-20(24)15-2-7-18-19(12-15)27-13-21-18/h2-7,12-14H,8-11H2,1H3,(H,22,24). The molecule has 8 heteroatoms. The van der Waals surface area contributed by atoms with Crippen LogP contribution >= 0.6 is 11.3 Å². The summed E-state index contributed by atoms with van der Waals surface area (Å²) in [7, 11) is -3.49. The van der Waals surface area contributed by atoms with Gasteiger partial charge in [0.15, 0.2) is 0 Å². The smallest absolute Gasteiger partial charge is 0.255 e. The number of piperidine rings is 1. The van der Waals surface area contributed by atoms with E-state index in [0.717, 1.165) is 23.1 Å². The van der Waals surface area contributed by atoms with Crippen LogP contribution in [0, 0.1) is 5.92 Å². The van der Waals surface area contributed by atoms with Crippen LogP contribution in [-0.4, -0.2) is 36.7 Å². The first kappa shape index (κ1) is 19.0. The van der Waals surface area contributed by atoms with Crippen LogP contribution < -0.4 is 5.32 Å². The predicted molar refractivity (Wildman–Crippen MR) is 111 cm³/mol. The van der Waals surface area contributed by atoms with Gasteiger partial charge in [-0.05, 0) is 61.2 Å². The third kappa shape index (κ3) is 3.80. The van der Waals surface area contributed by atoms with Crippen LogP contribution in [0.25, 0.3) is 10.2 Å². The Morgan fingerprint density at radius 3 is 2.57 bits per heavy atom. The van der Waals surface area contributed by atoms with Gasteiger partial charge in [0, 0.05) is 24.3 Å². The lowest BCUT2D eigenvalue weighted by Gasteiger charge is -2.29. The van der Waals surface area contributed by atoms with Gasteiger partial charge in [-0.3, -0.25) is 4.79 Å². The molecule has 146 valence electrons. The summed E-state index contributed by atoms with van der Waals surface area (Å²) < 4.78 is 28.1. The fraction of sp³-hybridized carbons (Fsp3) is 0.300. The molecule has 1 N–H and O–H groups in total. The molecule has 1 aromatic heterocycles. The number of hydrogen-bond donors (Lipinski definition) is 1. The maximum Gasteiger partial charge on any atom is 0.255 e. The minimum absolute atomic E-state index is 0.240. The summed E-state index contributed by atoms with van der Waals surface area (Å²) in [6.07, 6.45) is 1.77. The second kappa shape index (κ2) is 7.62. The molecule has 0 atom stereocenters. The van der Waals surface area contributed by atoms with Gasteiger partial charge >= 0.3 is 0 Å². The molecular formula is C20H21N3O3S2. The molecule has 0 aliphatic carbocycles. The van der Waals surface area contributed by atoms with Crippen molar-refractivity contribution in [1.82, 2.24) is 9.29 Å². The van der Waals surface area contributed by atoms with Gasteiger partial charge in [-0.2, -0.15) is 4.31 Å². The first-order valence-electron chi connectivity index (χ1n) is 9.18. The zero-order valence-corrected chi connectivity index (χ0v) is 17.1. The van der Waals surface area contributed by atoms with Crippen LogP contribution in [0.2, 0.25) is 0 Å². The largest absolute Gasteiger partial charge is 0.322 e. The van der Waals surface area contributed by atoms with Gasteiger partial charge in [-0.1, -0.05) is 6.92 Å². The molecule has 3 aromatic rings. The molecule has 1 aliphatic rings. The van der Waals surface area contributed by atoms with Crippen LogP contribution in [0.4, 0.5) is 5.69 Å². The fourth-order valence-corrected chi connectivity index (χ4v) is 5.47. The summed E-state index contributed by atoms with van der Waals surface area (Å²) in [5.74, 6) is 0.323. The van der Waals surface area contributed by atoms with Gasteiger partial charge in [0.05, 0.1) is 20.6 Å². The van der Waals surface area contributed by atoms with Crippen molar-refractivity contribution in [3.63, 3.8) is 0 Å². The SMILES string of the molecule is CC1CCN(S(=O)(=O)c2ccc(NC(=O)c3ccc4ncsc4c3)cc2)CC1. The van der Waals surface area contributed by atoms with Gasteiger partial charge in [0.25, 0.3) is 5.91 Å². The number of amides is 1. The van der Waals surface area contributed by atoms with Gasteiger partial charge in [0.2, 0.25) is 10.0 Å². The van der Waals surface area contributed by atoms with Crippen molar-refractivity contribution in [3.05, 3.63) is 53.5 Å². The number of rotatable bonds is 4. The van der Waals surface area contributed by atoms with Crippen molar-refractivity contribution in [2.45, 2.75) is 24.7 Å². The Labute approximate surface area is 168 Å². The Bertz CT molecular complexity index is 1100. The summed E-state index contributed by atoms with van der Waals surface area (Å²) in [6.45, 7) is 3.26. The van der Waals surface area contributed by atoms with E-state index in [4.69, 9.17) is 0 Å². The third-order valence-electron chi connectivity index (χ3n) is 5.09. The minimum atomic E-state index is -3.49. The van der Waals surface area contributed by atoms with Gasteiger partial charge in [0.1, 0.15) is 0 Å². The van der Waals surface area contributed by atoms with Crippen LogP contribution in [0.1, 0.15) is 30.1 Å². The van der Waals surface area contributed by atoms with Crippen LogP contribution in [0.3, 0.4) is 0 Å². The summed E-state index contributed by atoms with van der Waals surface area (Å²) in [4.78, 5) is 16.9. The number of nitrogens with zero attached hydrogens (tertiary/aromatic N) is 2. The Morgan fingerprint density at radius 1 is 1.14 bits per heavy atom. The number of carbonyl (C=O) groups is 1. The summed E-state index contributed by atoms with van der Waals surface area (Å²) >= 11 is 1.48. The van der Waals surface area contributed by atoms with Crippen LogP contribution in [-0.2, 0) is 10.0 Å². The number of nitrogens with one attached hydrogen (secondary N) is 1. The first-order chi connectivity index (χ1) is 13.4. The molecule has 1 saturated heterocycles. The average Bonchev–Trinajstić information content (AvgIpc) is 3.16. The number of fused-ring (bicyclic) bond motifs is 1. The zero-order valence-electron chi connectivity index (χ0n) is 15.5.